The van der Waals surface area contributed by atoms with Crippen molar-refractivity contribution in [2.75, 3.05) is 30.9 Å². The topological polar surface area (TPSA) is 71.1 Å². The third kappa shape index (κ3) is 6.69. The molecule has 1 aliphatic heterocycles. The Kier molecular flexibility index (Phi) is 8.84. The molecular formula is C27H26BrCl2N3O4. The number of hydrogen-bond acceptors (Lipinski definition) is 4. The van der Waals surface area contributed by atoms with Gasteiger partial charge < -0.3 is 24.6 Å². The average Bonchev–Trinajstić information content (AvgIpc) is 2.88. The van der Waals surface area contributed by atoms with Crippen LogP contribution in [0.4, 0.5) is 16.2 Å². The van der Waals surface area contributed by atoms with Gasteiger partial charge in [-0.3, -0.25) is 4.79 Å². The van der Waals surface area contributed by atoms with Crippen molar-refractivity contribution in [2.45, 2.75) is 25.8 Å². The molecule has 0 atom stereocenters. The van der Waals surface area contributed by atoms with E-state index in [4.69, 9.17) is 32.7 Å². The zero-order valence-corrected chi connectivity index (χ0v) is 23.5. The normalized spacial score (nSPS) is 13.3. The van der Waals surface area contributed by atoms with Crippen LogP contribution in [0.2, 0.25) is 10.0 Å². The van der Waals surface area contributed by atoms with Crippen molar-refractivity contribution < 1.29 is 19.1 Å². The lowest BCUT2D eigenvalue weighted by atomic mass is 10.1. The molecule has 194 valence electrons. The fourth-order valence-electron chi connectivity index (χ4n) is 3.98. The molecule has 0 unspecified atom stereocenters. The van der Waals surface area contributed by atoms with Crippen LogP contribution in [0.25, 0.3) is 0 Å². The van der Waals surface area contributed by atoms with Gasteiger partial charge in [-0.05, 0) is 54.8 Å². The van der Waals surface area contributed by atoms with Gasteiger partial charge >= 0.3 is 6.03 Å². The average molecular weight is 607 g/mol. The number of nitrogens with one attached hydrogen (secondary N) is 1. The number of nitrogens with zero attached hydrogens (tertiary/aromatic N) is 2. The Bertz CT molecular complexity index is 1320. The summed E-state index contributed by atoms with van der Waals surface area (Å²) < 4.78 is 12.2. The van der Waals surface area contributed by atoms with E-state index in [-0.39, 0.29) is 11.9 Å². The fourth-order valence-corrected chi connectivity index (χ4v) is 4.75. The van der Waals surface area contributed by atoms with E-state index in [2.05, 4.69) is 21.2 Å². The van der Waals surface area contributed by atoms with E-state index in [1.165, 1.54) is 0 Å². The van der Waals surface area contributed by atoms with Crippen molar-refractivity contribution in [3.8, 4) is 17.2 Å². The summed E-state index contributed by atoms with van der Waals surface area (Å²) in [6, 6.07) is 15.6. The largest absolute Gasteiger partial charge is 0.494 e. The van der Waals surface area contributed by atoms with Crippen molar-refractivity contribution >= 4 is 62.4 Å². The number of urea groups is 1. The second-order valence-electron chi connectivity index (χ2n) is 8.61. The third-order valence-corrected chi connectivity index (χ3v) is 7.43. The maximum absolute atomic E-state index is 12.9. The Morgan fingerprint density at radius 3 is 2.51 bits per heavy atom. The van der Waals surface area contributed by atoms with Crippen LogP contribution in [-0.4, -0.2) is 37.5 Å². The number of anilines is 2. The minimum Gasteiger partial charge on any atom is -0.494 e. The quantitative estimate of drug-likeness (QED) is 0.299. The van der Waals surface area contributed by atoms with E-state index in [0.29, 0.717) is 58.2 Å². The summed E-state index contributed by atoms with van der Waals surface area (Å²) in [5.41, 5.74) is 2.19. The standard InChI is InChI=1S/C27H26BrCl2N3O4/c1-32(16-17-6-8-19(14-21(17)28)37-20-9-10-22(29)23(30)15-20)27(35)31-18-7-11-24(25(13-18)36-2)33-12-4-3-5-26(33)34/h6-11,13-15H,3-5,12,16H2,1-2H3,(H,31,35). The van der Waals surface area contributed by atoms with Gasteiger partial charge in [0.2, 0.25) is 5.91 Å². The number of piperidine rings is 1. The molecule has 1 aliphatic rings. The summed E-state index contributed by atoms with van der Waals surface area (Å²) in [6.07, 6.45) is 2.39. The molecule has 3 aromatic rings. The highest BCUT2D eigenvalue weighted by Crippen LogP contribution is 2.34. The first-order chi connectivity index (χ1) is 17.7. The van der Waals surface area contributed by atoms with E-state index in [1.54, 1.807) is 60.4 Å². The van der Waals surface area contributed by atoms with Gasteiger partial charge in [-0.25, -0.2) is 4.79 Å². The van der Waals surface area contributed by atoms with Crippen molar-refractivity contribution in [1.29, 1.82) is 0 Å². The first-order valence-electron chi connectivity index (χ1n) is 11.7. The molecule has 0 aliphatic carbocycles. The molecule has 0 spiro atoms. The molecular weight excluding hydrogens is 581 g/mol. The Labute approximate surface area is 234 Å². The number of hydrogen-bond donors (Lipinski definition) is 1. The number of halogens is 3. The van der Waals surface area contributed by atoms with E-state index in [9.17, 15) is 9.59 Å². The van der Waals surface area contributed by atoms with Crippen LogP contribution in [-0.2, 0) is 11.3 Å². The molecule has 10 heteroatoms. The molecule has 7 nitrogen and oxygen atoms in total. The van der Waals surface area contributed by atoms with Gasteiger partial charge in [-0.2, -0.15) is 0 Å². The van der Waals surface area contributed by atoms with Crippen molar-refractivity contribution in [1.82, 2.24) is 4.90 Å². The number of rotatable bonds is 7. The van der Waals surface area contributed by atoms with Crippen LogP contribution in [0.1, 0.15) is 24.8 Å². The number of carbonyl (C=O) groups excluding carboxylic acids is 2. The second-order valence-corrected chi connectivity index (χ2v) is 10.3. The van der Waals surface area contributed by atoms with E-state index >= 15 is 0 Å². The van der Waals surface area contributed by atoms with Crippen LogP contribution in [0.15, 0.2) is 59.1 Å². The molecule has 37 heavy (non-hydrogen) atoms. The Hall–Kier alpha value is -2.94. The van der Waals surface area contributed by atoms with E-state index in [0.717, 1.165) is 22.9 Å². The maximum atomic E-state index is 12.9. The van der Waals surface area contributed by atoms with Gasteiger partial charge in [0.05, 0.1) is 22.8 Å². The van der Waals surface area contributed by atoms with Crippen LogP contribution in [0.3, 0.4) is 0 Å². The minimum absolute atomic E-state index is 0.0834. The van der Waals surface area contributed by atoms with Gasteiger partial charge in [0.15, 0.2) is 0 Å². The first kappa shape index (κ1) is 27.1. The lowest BCUT2D eigenvalue weighted by Crippen LogP contribution is -2.35. The summed E-state index contributed by atoms with van der Waals surface area (Å²) in [6.45, 7) is 1.02. The lowest BCUT2D eigenvalue weighted by molar-refractivity contribution is -0.119. The molecule has 3 aromatic carbocycles. The van der Waals surface area contributed by atoms with Gasteiger partial charge in [0.25, 0.3) is 0 Å². The molecule has 1 heterocycles. The van der Waals surface area contributed by atoms with Crippen LogP contribution >= 0.6 is 39.1 Å². The summed E-state index contributed by atoms with van der Waals surface area (Å²) in [7, 11) is 3.26. The monoisotopic (exact) mass is 605 g/mol. The minimum atomic E-state index is -0.285. The highest BCUT2D eigenvalue weighted by molar-refractivity contribution is 9.10. The summed E-state index contributed by atoms with van der Waals surface area (Å²) in [4.78, 5) is 28.5. The lowest BCUT2D eigenvalue weighted by Gasteiger charge is -2.28. The molecule has 1 saturated heterocycles. The smallest absolute Gasteiger partial charge is 0.321 e. The van der Waals surface area contributed by atoms with E-state index < -0.39 is 0 Å². The molecule has 3 amide bonds. The van der Waals surface area contributed by atoms with Gasteiger partial charge in [-0.15, -0.1) is 0 Å². The number of benzene rings is 3. The fraction of sp³-hybridized carbons (Fsp3) is 0.259. The van der Waals surface area contributed by atoms with E-state index in [1.807, 2.05) is 18.2 Å². The zero-order valence-electron chi connectivity index (χ0n) is 20.4. The highest BCUT2D eigenvalue weighted by atomic mass is 79.9. The molecule has 4 rings (SSSR count). The second kappa shape index (κ2) is 12.1. The maximum Gasteiger partial charge on any atom is 0.321 e. The number of ether oxygens (including phenoxy) is 2. The molecule has 0 bridgehead atoms. The van der Waals surface area contributed by atoms with Crippen LogP contribution in [0.5, 0.6) is 17.2 Å². The summed E-state index contributed by atoms with van der Waals surface area (Å²) >= 11 is 15.6. The number of carbonyl (C=O) groups is 2. The van der Waals surface area contributed by atoms with Crippen molar-refractivity contribution in [2.24, 2.45) is 0 Å². The Balaban J connectivity index is 1.39. The van der Waals surface area contributed by atoms with Crippen LogP contribution < -0.4 is 19.7 Å². The molecule has 0 aromatic heterocycles. The Morgan fingerprint density at radius 1 is 1.05 bits per heavy atom. The molecule has 0 saturated carbocycles. The molecule has 1 fully saturated rings. The van der Waals surface area contributed by atoms with Gasteiger partial charge in [0, 0.05) is 48.9 Å². The predicted octanol–water partition coefficient (Wildman–Crippen LogP) is 7.74. The predicted molar refractivity (Wildman–Crippen MR) is 150 cm³/mol. The molecule has 1 N–H and O–H groups in total. The van der Waals surface area contributed by atoms with Gasteiger partial charge in [-0.1, -0.05) is 45.2 Å². The van der Waals surface area contributed by atoms with Crippen molar-refractivity contribution in [3.63, 3.8) is 0 Å². The summed E-state index contributed by atoms with van der Waals surface area (Å²) in [5.74, 6) is 1.80. The zero-order chi connectivity index (χ0) is 26.5. The molecule has 0 radical (unpaired) electrons. The third-order valence-electron chi connectivity index (χ3n) is 5.95. The van der Waals surface area contributed by atoms with Crippen molar-refractivity contribution in [3.05, 3.63) is 74.7 Å². The summed E-state index contributed by atoms with van der Waals surface area (Å²) in [5, 5.41) is 3.76. The first-order valence-corrected chi connectivity index (χ1v) is 13.2. The Morgan fingerprint density at radius 2 is 1.81 bits per heavy atom. The SMILES string of the molecule is COc1cc(NC(=O)N(C)Cc2ccc(Oc3ccc(Cl)c(Cl)c3)cc2Br)ccc1N1CCCCC1=O. The highest BCUT2D eigenvalue weighted by Gasteiger charge is 2.23. The number of amides is 3. The number of methoxy groups -OCH3 is 1. The van der Waals surface area contributed by atoms with Crippen LogP contribution in [0, 0.1) is 0 Å². The van der Waals surface area contributed by atoms with Gasteiger partial charge in [0.1, 0.15) is 17.2 Å².